The van der Waals surface area contributed by atoms with Crippen LogP contribution < -0.4 is 4.90 Å². The van der Waals surface area contributed by atoms with Crippen LogP contribution in [-0.4, -0.2) is 56.6 Å². The molecule has 2 aromatic heterocycles. The number of hydrogen-bond acceptors (Lipinski definition) is 5. The standard InChI is InChI=1S/C14H18N6O/c1-10-6-12(20-14(17-10)15-9-16-20)19-7-11(8-19)13(21)18-4-2-3-5-18/h6,9,11H,2-5,7-8H2,1H3. The lowest BCUT2D eigenvalue weighted by Crippen LogP contribution is -2.54. The Bertz CT molecular complexity index is 684. The number of carbonyl (C=O) groups is 1. The maximum atomic E-state index is 12.3. The second-order valence-corrected chi connectivity index (χ2v) is 5.86. The summed E-state index contributed by atoms with van der Waals surface area (Å²) in [6.45, 7) is 5.32. The summed E-state index contributed by atoms with van der Waals surface area (Å²) in [4.78, 5) is 25.0. The maximum Gasteiger partial charge on any atom is 0.254 e. The number of aromatic nitrogens is 4. The van der Waals surface area contributed by atoms with E-state index in [-0.39, 0.29) is 5.92 Å². The summed E-state index contributed by atoms with van der Waals surface area (Å²) in [7, 11) is 0. The highest BCUT2D eigenvalue weighted by molar-refractivity contribution is 5.82. The largest absolute Gasteiger partial charge is 0.355 e. The number of hydrogen-bond donors (Lipinski definition) is 0. The normalized spacial score (nSPS) is 19.3. The molecular formula is C14H18N6O. The zero-order chi connectivity index (χ0) is 14.4. The monoisotopic (exact) mass is 286 g/mol. The molecule has 2 aromatic rings. The van der Waals surface area contributed by atoms with Gasteiger partial charge in [-0.15, -0.1) is 0 Å². The van der Waals surface area contributed by atoms with E-state index in [2.05, 4.69) is 20.0 Å². The van der Waals surface area contributed by atoms with Crippen molar-refractivity contribution in [3.63, 3.8) is 0 Å². The minimum absolute atomic E-state index is 0.121. The van der Waals surface area contributed by atoms with E-state index >= 15 is 0 Å². The molecule has 0 unspecified atom stereocenters. The zero-order valence-corrected chi connectivity index (χ0v) is 12.1. The molecule has 0 N–H and O–H groups in total. The molecule has 2 aliphatic rings. The second-order valence-electron chi connectivity index (χ2n) is 5.86. The van der Waals surface area contributed by atoms with Gasteiger partial charge in [-0.3, -0.25) is 4.79 Å². The molecule has 110 valence electrons. The van der Waals surface area contributed by atoms with Crippen LogP contribution in [-0.2, 0) is 4.79 Å². The molecular weight excluding hydrogens is 268 g/mol. The first-order chi connectivity index (χ1) is 10.2. The molecule has 2 saturated heterocycles. The van der Waals surface area contributed by atoms with E-state index in [1.54, 1.807) is 4.52 Å². The van der Waals surface area contributed by atoms with E-state index in [0.717, 1.165) is 50.5 Å². The Morgan fingerprint density at radius 2 is 2.05 bits per heavy atom. The van der Waals surface area contributed by atoms with Crippen molar-refractivity contribution in [3.05, 3.63) is 18.1 Å². The van der Waals surface area contributed by atoms with E-state index in [9.17, 15) is 4.79 Å². The van der Waals surface area contributed by atoms with Gasteiger partial charge < -0.3 is 9.80 Å². The number of likely N-dealkylation sites (tertiary alicyclic amines) is 1. The lowest BCUT2D eigenvalue weighted by atomic mass is 9.98. The first kappa shape index (κ1) is 12.6. The van der Waals surface area contributed by atoms with Crippen LogP contribution in [0.4, 0.5) is 5.82 Å². The Labute approximate surface area is 122 Å². The number of carbonyl (C=O) groups excluding carboxylic acids is 1. The van der Waals surface area contributed by atoms with Gasteiger partial charge >= 0.3 is 0 Å². The topological polar surface area (TPSA) is 66.6 Å². The average Bonchev–Trinajstić information content (AvgIpc) is 3.07. The summed E-state index contributed by atoms with van der Waals surface area (Å²) in [5, 5.41) is 4.22. The third-order valence-corrected chi connectivity index (χ3v) is 4.33. The SMILES string of the molecule is Cc1cc(N2CC(C(=O)N3CCCC3)C2)n2ncnc2n1. The molecule has 4 rings (SSSR count). The van der Waals surface area contributed by atoms with Gasteiger partial charge in [-0.25, -0.2) is 4.98 Å². The predicted molar refractivity (Wildman–Crippen MR) is 77.0 cm³/mol. The van der Waals surface area contributed by atoms with E-state index < -0.39 is 0 Å². The number of amides is 1. The molecule has 7 nitrogen and oxygen atoms in total. The summed E-state index contributed by atoms with van der Waals surface area (Å²) in [5.41, 5.74) is 0.916. The molecule has 0 aromatic carbocycles. The summed E-state index contributed by atoms with van der Waals surface area (Å²) in [6, 6.07) is 2.00. The molecule has 0 radical (unpaired) electrons. The van der Waals surface area contributed by atoms with Crippen molar-refractivity contribution in [1.82, 2.24) is 24.5 Å². The Hall–Kier alpha value is -2.18. The van der Waals surface area contributed by atoms with Crippen LogP contribution in [0.25, 0.3) is 5.78 Å². The van der Waals surface area contributed by atoms with Gasteiger partial charge in [-0.2, -0.15) is 14.6 Å². The molecule has 0 saturated carbocycles. The van der Waals surface area contributed by atoms with Gasteiger partial charge in [0.15, 0.2) is 0 Å². The van der Waals surface area contributed by atoms with Crippen LogP contribution in [0, 0.1) is 12.8 Å². The molecule has 21 heavy (non-hydrogen) atoms. The van der Waals surface area contributed by atoms with E-state index in [4.69, 9.17) is 0 Å². The highest BCUT2D eigenvalue weighted by Crippen LogP contribution is 2.27. The third kappa shape index (κ3) is 2.03. The van der Waals surface area contributed by atoms with Gasteiger partial charge in [-0.1, -0.05) is 0 Å². The maximum absolute atomic E-state index is 12.3. The molecule has 2 fully saturated rings. The summed E-state index contributed by atoms with van der Waals surface area (Å²) in [5.74, 6) is 2.01. The van der Waals surface area contributed by atoms with Crippen LogP contribution in [0.2, 0.25) is 0 Å². The van der Waals surface area contributed by atoms with Gasteiger partial charge in [0.2, 0.25) is 5.91 Å². The van der Waals surface area contributed by atoms with E-state index in [1.807, 2.05) is 17.9 Å². The Morgan fingerprint density at radius 1 is 1.29 bits per heavy atom. The molecule has 4 heterocycles. The first-order valence-electron chi connectivity index (χ1n) is 7.43. The molecule has 0 spiro atoms. The van der Waals surface area contributed by atoms with E-state index in [1.165, 1.54) is 6.33 Å². The summed E-state index contributed by atoms with van der Waals surface area (Å²) in [6.07, 6.45) is 3.80. The van der Waals surface area contributed by atoms with Crippen LogP contribution in [0.15, 0.2) is 12.4 Å². The smallest absolute Gasteiger partial charge is 0.254 e. The summed E-state index contributed by atoms with van der Waals surface area (Å²) >= 11 is 0. The van der Waals surface area contributed by atoms with Crippen molar-refractivity contribution in [2.24, 2.45) is 5.92 Å². The minimum Gasteiger partial charge on any atom is -0.355 e. The number of anilines is 1. The Morgan fingerprint density at radius 3 is 2.81 bits per heavy atom. The van der Waals surface area contributed by atoms with Crippen LogP contribution in [0.3, 0.4) is 0 Å². The second kappa shape index (κ2) is 4.68. The highest BCUT2D eigenvalue weighted by atomic mass is 16.2. The van der Waals surface area contributed by atoms with Crippen molar-refractivity contribution in [2.75, 3.05) is 31.1 Å². The Balaban J connectivity index is 1.51. The quantitative estimate of drug-likeness (QED) is 0.804. The van der Waals surface area contributed by atoms with Gasteiger partial charge in [0.25, 0.3) is 5.78 Å². The first-order valence-corrected chi connectivity index (χ1v) is 7.43. The lowest BCUT2D eigenvalue weighted by Gasteiger charge is -2.41. The lowest BCUT2D eigenvalue weighted by molar-refractivity contribution is -0.135. The highest BCUT2D eigenvalue weighted by Gasteiger charge is 2.37. The molecule has 7 heteroatoms. The average molecular weight is 286 g/mol. The molecule has 2 aliphatic heterocycles. The fraction of sp³-hybridized carbons (Fsp3) is 0.571. The van der Waals surface area contributed by atoms with Crippen LogP contribution in [0.5, 0.6) is 0 Å². The third-order valence-electron chi connectivity index (χ3n) is 4.33. The number of nitrogens with zero attached hydrogens (tertiary/aromatic N) is 6. The van der Waals surface area contributed by atoms with Gasteiger partial charge in [0, 0.05) is 37.9 Å². The molecule has 1 amide bonds. The van der Waals surface area contributed by atoms with Crippen LogP contribution >= 0.6 is 0 Å². The number of fused-ring (bicyclic) bond motifs is 1. The van der Waals surface area contributed by atoms with Crippen molar-refractivity contribution in [1.29, 1.82) is 0 Å². The zero-order valence-electron chi connectivity index (χ0n) is 12.1. The van der Waals surface area contributed by atoms with E-state index in [0.29, 0.717) is 11.7 Å². The number of rotatable bonds is 2. The van der Waals surface area contributed by atoms with Crippen molar-refractivity contribution >= 4 is 17.5 Å². The van der Waals surface area contributed by atoms with Gasteiger partial charge in [-0.05, 0) is 19.8 Å². The number of aryl methyl sites for hydroxylation is 1. The van der Waals surface area contributed by atoms with Crippen molar-refractivity contribution in [2.45, 2.75) is 19.8 Å². The van der Waals surface area contributed by atoms with Crippen molar-refractivity contribution in [3.8, 4) is 0 Å². The summed E-state index contributed by atoms with van der Waals surface area (Å²) < 4.78 is 1.74. The molecule has 0 atom stereocenters. The fourth-order valence-corrected chi connectivity index (χ4v) is 3.15. The van der Waals surface area contributed by atoms with Gasteiger partial charge in [0.05, 0.1) is 5.92 Å². The Kier molecular flexibility index (Phi) is 2.80. The minimum atomic E-state index is 0.121. The fourth-order valence-electron chi connectivity index (χ4n) is 3.15. The predicted octanol–water partition coefficient (Wildman–Crippen LogP) is 0.491. The van der Waals surface area contributed by atoms with Crippen LogP contribution in [0.1, 0.15) is 18.5 Å². The molecule has 0 aliphatic carbocycles. The molecule has 0 bridgehead atoms. The van der Waals surface area contributed by atoms with Gasteiger partial charge in [0.1, 0.15) is 12.1 Å². The van der Waals surface area contributed by atoms with Crippen molar-refractivity contribution < 1.29 is 4.79 Å².